The number of ether oxygens (including phenoxy) is 1. The standard InChI is InChI=1S/C24H31ClFN5O4/c1-5-27-22(33)29-20-14-31(16-8-9-18(25)19(26)11-16)13-17(20)21(32)28-15-7-6-10-30(12-15)23(34)35-24(2,3)4/h8-9,11,13-15H,5-7,10,12H2,1-4H3,(H,28,32)(H2,27,29,33)/t15-/m0/s1. The number of rotatable bonds is 5. The van der Waals surface area contributed by atoms with Crippen LogP contribution in [-0.2, 0) is 4.74 Å². The molecule has 1 saturated heterocycles. The Hall–Kier alpha value is -3.27. The molecule has 0 bridgehead atoms. The van der Waals surface area contributed by atoms with Gasteiger partial charge in [0.05, 0.1) is 16.3 Å². The van der Waals surface area contributed by atoms with Gasteiger partial charge in [0.25, 0.3) is 5.91 Å². The van der Waals surface area contributed by atoms with Gasteiger partial charge in [0, 0.05) is 43.8 Å². The van der Waals surface area contributed by atoms with Crippen molar-refractivity contribution in [3.05, 3.63) is 47.0 Å². The first-order chi connectivity index (χ1) is 16.5. The maximum atomic E-state index is 14.0. The predicted molar refractivity (Wildman–Crippen MR) is 132 cm³/mol. The summed E-state index contributed by atoms with van der Waals surface area (Å²) >= 11 is 5.79. The summed E-state index contributed by atoms with van der Waals surface area (Å²) in [4.78, 5) is 39.4. The molecule has 1 aliphatic rings. The van der Waals surface area contributed by atoms with Gasteiger partial charge in [-0.3, -0.25) is 4.79 Å². The van der Waals surface area contributed by atoms with Crippen molar-refractivity contribution in [3.8, 4) is 5.69 Å². The minimum absolute atomic E-state index is 0.0219. The van der Waals surface area contributed by atoms with Crippen LogP contribution in [0.2, 0.25) is 5.02 Å². The van der Waals surface area contributed by atoms with E-state index in [-0.39, 0.29) is 22.3 Å². The summed E-state index contributed by atoms with van der Waals surface area (Å²) in [5.74, 6) is -1.03. The molecule has 3 N–H and O–H groups in total. The quantitative estimate of drug-likeness (QED) is 0.552. The predicted octanol–water partition coefficient (Wildman–Crippen LogP) is 4.54. The Balaban J connectivity index is 1.80. The number of aromatic nitrogens is 1. The highest BCUT2D eigenvalue weighted by Gasteiger charge is 2.29. The number of urea groups is 1. The fraction of sp³-hybridized carbons (Fsp3) is 0.458. The molecule has 0 aliphatic carbocycles. The molecule has 1 atom stereocenters. The van der Waals surface area contributed by atoms with Crippen molar-refractivity contribution in [2.24, 2.45) is 0 Å². The summed E-state index contributed by atoms with van der Waals surface area (Å²) in [6, 6.07) is 3.48. The van der Waals surface area contributed by atoms with E-state index in [9.17, 15) is 18.8 Å². The monoisotopic (exact) mass is 507 g/mol. The molecule has 1 aliphatic heterocycles. The summed E-state index contributed by atoms with van der Waals surface area (Å²) in [5.41, 5.74) is 0.264. The van der Waals surface area contributed by atoms with Crippen LogP contribution in [0.3, 0.4) is 0 Å². The summed E-state index contributed by atoms with van der Waals surface area (Å²) in [6.45, 7) is 8.43. The molecular formula is C24H31ClFN5O4. The molecule has 35 heavy (non-hydrogen) atoms. The first-order valence-electron chi connectivity index (χ1n) is 11.5. The van der Waals surface area contributed by atoms with E-state index in [0.717, 1.165) is 0 Å². The molecule has 9 nitrogen and oxygen atoms in total. The summed E-state index contributed by atoms with van der Waals surface area (Å²) < 4.78 is 21.0. The van der Waals surface area contributed by atoms with Crippen LogP contribution in [0.15, 0.2) is 30.6 Å². The third-order valence-electron chi connectivity index (χ3n) is 5.27. The van der Waals surface area contributed by atoms with Crippen molar-refractivity contribution >= 4 is 35.3 Å². The van der Waals surface area contributed by atoms with Crippen LogP contribution >= 0.6 is 11.6 Å². The Morgan fingerprint density at radius 3 is 2.63 bits per heavy atom. The molecule has 11 heteroatoms. The van der Waals surface area contributed by atoms with Crippen LogP contribution in [0.4, 0.5) is 19.7 Å². The normalized spacial score (nSPS) is 15.9. The van der Waals surface area contributed by atoms with Crippen molar-refractivity contribution in [3.63, 3.8) is 0 Å². The van der Waals surface area contributed by atoms with E-state index in [1.54, 1.807) is 38.7 Å². The first kappa shape index (κ1) is 26.3. The van der Waals surface area contributed by atoms with E-state index in [1.165, 1.54) is 29.1 Å². The van der Waals surface area contributed by atoms with Crippen molar-refractivity contribution in [1.82, 2.24) is 20.1 Å². The number of nitrogens with zero attached hydrogens (tertiary/aromatic N) is 2. The molecular weight excluding hydrogens is 477 g/mol. The van der Waals surface area contributed by atoms with Crippen LogP contribution in [0.25, 0.3) is 5.69 Å². The van der Waals surface area contributed by atoms with E-state index >= 15 is 0 Å². The fourth-order valence-electron chi connectivity index (χ4n) is 3.71. The Labute approximate surface area is 208 Å². The minimum Gasteiger partial charge on any atom is -0.444 e. The SMILES string of the molecule is CCNC(=O)Nc1cn(-c2ccc(Cl)c(F)c2)cc1C(=O)N[C@H]1CCCN(C(=O)OC(C)(C)C)C1. The number of carbonyl (C=O) groups is 3. The second-order valence-electron chi connectivity index (χ2n) is 9.31. The molecule has 1 fully saturated rings. The molecule has 2 aromatic rings. The molecule has 1 aromatic heterocycles. The molecule has 3 rings (SSSR count). The van der Waals surface area contributed by atoms with Gasteiger partial charge in [0.15, 0.2) is 0 Å². The van der Waals surface area contributed by atoms with E-state index in [2.05, 4.69) is 16.0 Å². The number of likely N-dealkylation sites (tertiary alicyclic amines) is 1. The van der Waals surface area contributed by atoms with Crippen LogP contribution in [0.1, 0.15) is 50.9 Å². The zero-order valence-electron chi connectivity index (χ0n) is 20.3. The van der Waals surface area contributed by atoms with Crippen molar-refractivity contribution in [1.29, 1.82) is 0 Å². The Bertz CT molecular complexity index is 1100. The average molecular weight is 508 g/mol. The van der Waals surface area contributed by atoms with Crippen LogP contribution < -0.4 is 16.0 Å². The van der Waals surface area contributed by atoms with Gasteiger partial charge in [-0.05, 0) is 58.7 Å². The van der Waals surface area contributed by atoms with E-state index in [4.69, 9.17) is 16.3 Å². The van der Waals surface area contributed by atoms with Crippen molar-refractivity contribution < 1.29 is 23.5 Å². The average Bonchev–Trinajstić information content (AvgIpc) is 3.18. The lowest BCUT2D eigenvalue weighted by Gasteiger charge is -2.34. The highest BCUT2D eigenvalue weighted by atomic mass is 35.5. The number of amides is 4. The Morgan fingerprint density at radius 2 is 1.97 bits per heavy atom. The van der Waals surface area contributed by atoms with E-state index < -0.39 is 29.4 Å². The number of anilines is 1. The van der Waals surface area contributed by atoms with Crippen LogP contribution in [-0.4, -0.2) is 58.8 Å². The minimum atomic E-state index is -0.614. The maximum Gasteiger partial charge on any atom is 0.410 e. The number of hydrogen-bond donors (Lipinski definition) is 3. The number of nitrogens with one attached hydrogen (secondary N) is 3. The summed E-state index contributed by atoms with van der Waals surface area (Å²) in [7, 11) is 0. The zero-order chi connectivity index (χ0) is 25.8. The molecule has 190 valence electrons. The van der Waals surface area contributed by atoms with Gasteiger partial charge >= 0.3 is 12.1 Å². The van der Waals surface area contributed by atoms with E-state index in [1.807, 2.05) is 0 Å². The first-order valence-corrected chi connectivity index (χ1v) is 11.9. The lowest BCUT2D eigenvalue weighted by molar-refractivity contribution is 0.0185. The lowest BCUT2D eigenvalue weighted by Crippen LogP contribution is -2.50. The zero-order valence-corrected chi connectivity index (χ0v) is 21.0. The lowest BCUT2D eigenvalue weighted by atomic mass is 10.1. The molecule has 4 amide bonds. The van der Waals surface area contributed by atoms with Gasteiger partial charge in [-0.1, -0.05) is 11.6 Å². The number of carbonyl (C=O) groups excluding carboxylic acids is 3. The summed E-state index contributed by atoms with van der Waals surface area (Å²) in [5, 5.41) is 8.20. The third-order valence-corrected chi connectivity index (χ3v) is 5.57. The number of hydrogen-bond acceptors (Lipinski definition) is 4. The van der Waals surface area contributed by atoms with Gasteiger partial charge in [-0.15, -0.1) is 0 Å². The van der Waals surface area contributed by atoms with Gasteiger partial charge in [0.2, 0.25) is 0 Å². The third kappa shape index (κ3) is 7.11. The van der Waals surface area contributed by atoms with Gasteiger partial charge < -0.3 is 30.2 Å². The highest BCUT2D eigenvalue weighted by molar-refractivity contribution is 6.30. The second kappa shape index (κ2) is 11.0. The van der Waals surface area contributed by atoms with Crippen molar-refractivity contribution in [2.75, 3.05) is 25.0 Å². The fourth-order valence-corrected chi connectivity index (χ4v) is 3.82. The van der Waals surface area contributed by atoms with Gasteiger partial charge in [-0.25, -0.2) is 14.0 Å². The Kier molecular flexibility index (Phi) is 8.26. The van der Waals surface area contributed by atoms with Crippen LogP contribution in [0.5, 0.6) is 0 Å². The summed E-state index contributed by atoms with van der Waals surface area (Å²) in [6.07, 6.45) is 4.01. The maximum absolute atomic E-state index is 14.0. The topological polar surface area (TPSA) is 105 Å². The number of benzene rings is 1. The van der Waals surface area contributed by atoms with E-state index in [0.29, 0.717) is 38.2 Å². The highest BCUT2D eigenvalue weighted by Crippen LogP contribution is 2.24. The second-order valence-corrected chi connectivity index (χ2v) is 9.72. The molecule has 0 spiro atoms. The number of piperidine rings is 1. The molecule has 2 heterocycles. The van der Waals surface area contributed by atoms with Gasteiger partial charge in [0.1, 0.15) is 11.4 Å². The molecule has 0 unspecified atom stereocenters. The molecule has 1 aromatic carbocycles. The van der Waals surface area contributed by atoms with Gasteiger partial charge in [-0.2, -0.15) is 0 Å². The van der Waals surface area contributed by atoms with Crippen LogP contribution in [0, 0.1) is 5.82 Å². The largest absolute Gasteiger partial charge is 0.444 e. The molecule has 0 saturated carbocycles. The smallest absolute Gasteiger partial charge is 0.410 e. The number of halogens is 2. The molecule has 0 radical (unpaired) electrons. The Morgan fingerprint density at radius 1 is 1.23 bits per heavy atom. The van der Waals surface area contributed by atoms with Crippen molar-refractivity contribution in [2.45, 2.75) is 52.2 Å².